The van der Waals surface area contributed by atoms with E-state index in [-0.39, 0.29) is 18.2 Å². The van der Waals surface area contributed by atoms with Crippen molar-refractivity contribution < 1.29 is 23.2 Å². The largest absolute Gasteiger partial charge is 0.434 e. The van der Waals surface area contributed by atoms with Gasteiger partial charge in [0.25, 0.3) is 0 Å². The molecule has 106 valence electrons. The van der Waals surface area contributed by atoms with Crippen molar-refractivity contribution in [1.82, 2.24) is 5.09 Å². The van der Waals surface area contributed by atoms with Gasteiger partial charge in [-0.15, -0.1) is 0 Å². The Morgan fingerprint density at radius 3 is 2.39 bits per heavy atom. The van der Waals surface area contributed by atoms with Crippen LogP contribution in [0, 0.1) is 5.92 Å². The van der Waals surface area contributed by atoms with Gasteiger partial charge in [0, 0.05) is 38.1 Å². The molecular weight excluding hydrogens is 279 g/mol. The molecule has 3 N–H and O–H groups in total. The van der Waals surface area contributed by atoms with E-state index in [0.717, 1.165) is 0 Å². The predicted molar refractivity (Wildman–Crippen MR) is 70.1 cm³/mol. The molecule has 0 fully saturated rings. The van der Waals surface area contributed by atoms with Gasteiger partial charge in [-0.3, -0.25) is 23.7 Å². The Morgan fingerprint density at radius 2 is 1.94 bits per heavy atom. The average molecular weight is 298 g/mol. The Bertz CT molecular complexity index is 331. The van der Waals surface area contributed by atoms with Gasteiger partial charge in [0.1, 0.15) is 0 Å². The molecule has 0 spiro atoms. The quantitative estimate of drug-likeness (QED) is 0.480. The molecule has 0 aromatic carbocycles. The molecule has 0 aromatic rings. The van der Waals surface area contributed by atoms with Crippen LogP contribution < -0.4 is 10.8 Å². The number of carbonyl (C=O) groups excluding carboxylic acids is 2. The predicted octanol–water partition coefficient (Wildman–Crippen LogP) is 0.748. The third-order valence-corrected chi connectivity index (χ3v) is 4.78. The lowest BCUT2D eigenvalue weighted by molar-refractivity contribution is -0.121. The van der Waals surface area contributed by atoms with E-state index in [1.54, 1.807) is 6.92 Å². The van der Waals surface area contributed by atoms with Crippen molar-refractivity contribution in [2.24, 2.45) is 11.7 Å². The highest BCUT2D eigenvalue weighted by Gasteiger charge is 2.23. The molecule has 0 bridgehead atoms. The normalized spacial score (nSPS) is 13.1. The number of rotatable bonds is 9. The first-order valence-corrected chi connectivity index (χ1v) is 7.94. The first-order valence-electron chi connectivity index (χ1n) is 5.24. The van der Waals surface area contributed by atoms with Crippen LogP contribution >= 0.6 is 19.5 Å². The van der Waals surface area contributed by atoms with Gasteiger partial charge in [-0.1, -0.05) is 6.92 Å². The summed E-state index contributed by atoms with van der Waals surface area (Å²) < 4.78 is 20.7. The summed E-state index contributed by atoms with van der Waals surface area (Å²) in [5.74, 6) is 0.0183. The summed E-state index contributed by atoms with van der Waals surface area (Å²) in [6.07, 6.45) is 0.160. The Balaban J connectivity index is 3.85. The minimum absolute atomic E-state index is 0.160. The second kappa shape index (κ2) is 8.53. The molecule has 1 unspecified atom stereocenters. The monoisotopic (exact) mass is 298 g/mol. The van der Waals surface area contributed by atoms with Crippen LogP contribution in [0.4, 0.5) is 0 Å². The molecule has 0 saturated carbocycles. The van der Waals surface area contributed by atoms with Gasteiger partial charge in [0.05, 0.1) is 0 Å². The second-order valence-corrected chi connectivity index (χ2v) is 6.62. The standard InChI is InChI=1S/C9H19N2O5PS/c1-7(9(10)13)6-18-5-4-8(12)11-17(14,15-2)16-3/h7H,4-6H2,1-3H3,(H2,10,13)(H,11,12,14). The second-order valence-electron chi connectivity index (χ2n) is 3.53. The Labute approximate surface area is 111 Å². The van der Waals surface area contributed by atoms with Crippen LogP contribution in [-0.4, -0.2) is 37.5 Å². The maximum Gasteiger partial charge on any atom is 0.434 e. The van der Waals surface area contributed by atoms with Gasteiger partial charge in [-0.2, -0.15) is 11.8 Å². The van der Waals surface area contributed by atoms with E-state index < -0.39 is 13.7 Å². The van der Waals surface area contributed by atoms with Crippen LogP contribution in [0.2, 0.25) is 0 Å². The van der Waals surface area contributed by atoms with Gasteiger partial charge in [0.2, 0.25) is 11.8 Å². The van der Waals surface area contributed by atoms with Crippen LogP contribution in [0.1, 0.15) is 13.3 Å². The van der Waals surface area contributed by atoms with Crippen LogP contribution in [0.3, 0.4) is 0 Å². The lowest BCUT2D eigenvalue weighted by Gasteiger charge is -2.14. The smallest absolute Gasteiger partial charge is 0.369 e. The van der Waals surface area contributed by atoms with E-state index in [9.17, 15) is 14.2 Å². The summed E-state index contributed by atoms with van der Waals surface area (Å²) in [4.78, 5) is 22.2. The van der Waals surface area contributed by atoms with Crippen molar-refractivity contribution in [3.05, 3.63) is 0 Å². The molecule has 2 amide bonds. The highest BCUT2D eigenvalue weighted by molar-refractivity contribution is 7.99. The van der Waals surface area contributed by atoms with Crippen molar-refractivity contribution in [1.29, 1.82) is 0 Å². The van der Waals surface area contributed by atoms with Crippen molar-refractivity contribution >= 4 is 31.3 Å². The Morgan fingerprint density at radius 1 is 1.39 bits per heavy atom. The van der Waals surface area contributed by atoms with E-state index in [1.807, 2.05) is 0 Å². The molecule has 9 heteroatoms. The lowest BCUT2D eigenvalue weighted by atomic mass is 10.2. The van der Waals surface area contributed by atoms with Crippen molar-refractivity contribution in [2.75, 3.05) is 25.7 Å². The highest BCUT2D eigenvalue weighted by atomic mass is 32.2. The number of thioether (sulfide) groups is 1. The molecular formula is C9H19N2O5PS. The van der Waals surface area contributed by atoms with Gasteiger partial charge < -0.3 is 5.73 Å². The fraction of sp³-hybridized carbons (Fsp3) is 0.778. The third kappa shape index (κ3) is 7.00. The first kappa shape index (κ1) is 17.4. The van der Waals surface area contributed by atoms with E-state index in [2.05, 4.69) is 14.1 Å². The minimum atomic E-state index is -3.50. The topological polar surface area (TPSA) is 108 Å². The summed E-state index contributed by atoms with van der Waals surface area (Å²) >= 11 is 1.43. The summed E-state index contributed by atoms with van der Waals surface area (Å²) in [7, 11) is -1.13. The summed E-state index contributed by atoms with van der Waals surface area (Å²) in [6.45, 7) is 1.72. The molecule has 0 rings (SSSR count). The maximum atomic E-state index is 11.5. The highest BCUT2D eigenvalue weighted by Crippen LogP contribution is 2.41. The molecule has 0 saturated heterocycles. The van der Waals surface area contributed by atoms with Gasteiger partial charge >= 0.3 is 7.75 Å². The summed E-state index contributed by atoms with van der Waals surface area (Å²) in [5.41, 5.74) is 5.10. The SMILES string of the molecule is COP(=O)(NC(=O)CCSCC(C)C(N)=O)OC. The molecule has 0 aliphatic rings. The van der Waals surface area contributed by atoms with Gasteiger partial charge in [-0.05, 0) is 0 Å². The fourth-order valence-corrected chi connectivity index (χ4v) is 2.64. The summed E-state index contributed by atoms with van der Waals surface area (Å²) in [5, 5.41) is 2.17. The molecule has 0 radical (unpaired) electrons. The lowest BCUT2D eigenvalue weighted by Crippen LogP contribution is -2.24. The van der Waals surface area contributed by atoms with E-state index >= 15 is 0 Å². The first-order chi connectivity index (χ1) is 8.34. The zero-order chi connectivity index (χ0) is 14.2. The van der Waals surface area contributed by atoms with E-state index in [0.29, 0.717) is 11.5 Å². The van der Waals surface area contributed by atoms with Crippen LogP contribution in [0.15, 0.2) is 0 Å². The van der Waals surface area contributed by atoms with Crippen molar-refractivity contribution in [3.63, 3.8) is 0 Å². The molecule has 0 aromatic heterocycles. The number of hydrogen-bond acceptors (Lipinski definition) is 6. The maximum absolute atomic E-state index is 11.5. The fourth-order valence-electron chi connectivity index (χ4n) is 0.882. The van der Waals surface area contributed by atoms with E-state index in [4.69, 9.17) is 5.73 Å². The Hall–Kier alpha value is -0.560. The zero-order valence-electron chi connectivity index (χ0n) is 10.7. The molecule has 0 aliphatic heterocycles. The van der Waals surface area contributed by atoms with Gasteiger partial charge in [0.15, 0.2) is 0 Å². The molecule has 18 heavy (non-hydrogen) atoms. The van der Waals surface area contributed by atoms with E-state index in [1.165, 1.54) is 26.0 Å². The number of nitrogens with two attached hydrogens (primary N) is 1. The molecule has 0 aliphatic carbocycles. The Kier molecular flexibility index (Phi) is 8.26. The zero-order valence-corrected chi connectivity index (χ0v) is 12.4. The van der Waals surface area contributed by atoms with Crippen LogP contribution in [0.5, 0.6) is 0 Å². The van der Waals surface area contributed by atoms with Crippen LogP contribution in [-0.2, 0) is 23.2 Å². The molecule has 1 atom stereocenters. The number of hydrogen-bond donors (Lipinski definition) is 2. The number of primary amides is 1. The number of amides is 2. The van der Waals surface area contributed by atoms with Crippen LogP contribution in [0.25, 0.3) is 0 Å². The number of nitrogens with one attached hydrogen (secondary N) is 1. The van der Waals surface area contributed by atoms with Crippen molar-refractivity contribution in [2.45, 2.75) is 13.3 Å². The summed E-state index contributed by atoms with van der Waals surface area (Å²) in [6, 6.07) is 0. The number of carbonyl (C=O) groups is 2. The average Bonchev–Trinajstić information content (AvgIpc) is 2.33. The molecule has 0 heterocycles. The minimum Gasteiger partial charge on any atom is -0.369 e. The van der Waals surface area contributed by atoms with Crippen molar-refractivity contribution in [3.8, 4) is 0 Å². The van der Waals surface area contributed by atoms with Gasteiger partial charge in [-0.25, -0.2) is 4.57 Å². The third-order valence-electron chi connectivity index (χ3n) is 2.07. The molecule has 7 nitrogen and oxygen atoms in total.